The summed E-state index contributed by atoms with van der Waals surface area (Å²) in [5.41, 5.74) is 0. The molecule has 0 saturated carbocycles. The second kappa shape index (κ2) is 46.3. The molecule has 2 atom stereocenters. The Balaban J connectivity index is 4.12. The Morgan fingerprint density at radius 2 is 0.887 bits per heavy atom. The van der Waals surface area contributed by atoms with Crippen molar-refractivity contribution in [3.8, 4) is 0 Å². The number of hydrogen-bond acceptors (Lipinski definition) is 7. The number of ether oxygens (including phenoxy) is 2. The van der Waals surface area contributed by atoms with E-state index >= 15 is 0 Å². The summed E-state index contributed by atoms with van der Waals surface area (Å²) in [7, 11) is 1.35. The van der Waals surface area contributed by atoms with E-state index in [0.29, 0.717) is 24.1 Å². The molecule has 0 heterocycles. The lowest BCUT2D eigenvalue weighted by molar-refractivity contribution is -0.870. The van der Waals surface area contributed by atoms with Crippen molar-refractivity contribution in [2.75, 3.05) is 54.1 Å². The summed E-state index contributed by atoms with van der Waals surface area (Å²) in [6.45, 7) is 5.40. The van der Waals surface area contributed by atoms with Gasteiger partial charge in [0.1, 0.15) is 19.3 Å². The van der Waals surface area contributed by atoms with Crippen LogP contribution in [-0.2, 0) is 27.9 Å². The predicted octanol–water partition coefficient (Wildman–Crippen LogP) is 15.5. The maximum atomic E-state index is 12.8. The van der Waals surface area contributed by atoms with Gasteiger partial charge < -0.3 is 27.9 Å². The van der Waals surface area contributed by atoms with E-state index in [0.717, 1.165) is 51.4 Å². The maximum absolute atomic E-state index is 12.8. The van der Waals surface area contributed by atoms with E-state index in [-0.39, 0.29) is 25.8 Å². The van der Waals surface area contributed by atoms with Crippen molar-refractivity contribution < 1.29 is 37.3 Å². The molecular weight excluding hydrogens is 794 g/mol. The number of nitrogens with zero attached hydrogens (tertiary/aromatic N) is 1. The van der Waals surface area contributed by atoms with Crippen LogP contribution in [0.25, 0.3) is 0 Å². The normalized spacial score (nSPS) is 13.8. The third-order valence-electron chi connectivity index (χ3n) is 11.4. The Morgan fingerprint density at radius 1 is 0.500 bits per heavy atom. The van der Waals surface area contributed by atoms with Crippen LogP contribution in [0.15, 0.2) is 36.5 Å². The molecule has 0 rings (SSSR count). The van der Waals surface area contributed by atoms with Crippen LogP contribution in [0.2, 0.25) is 0 Å². The van der Waals surface area contributed by atoms with Gasteiger partial charge in [-0.25, -0.2) is 0 Å². The first-order valence-corrected chi connectivity index (χ1v) is 27.7. The van der Waals surface area contributed by atoms with E-state index < -0.39 is 13.9 Å². The quantitative estimate of drug-likeness (QED) is 0.0197. The molecule has 8 nitrogen and oxygen atoms in total. The van der Waals surface area contributed by atoms with E-state index in [4.69, 9.17) is 18.5 Å². The number of rotatable bonds is 49. The molecule has 9 heteroatoms. The summed E-state index contributed by atoms with van der Waals surface area (Å²) in [4.78, 5) is 25.2. The standard InChI is InChI=1S/C53H102NO7P/c1-6-8-10-12-14-16-18-20-22-24-25-26-27-28-29-30-32-34-36-38-40-42-44-46-53(55)61-52(51-60-62(56,57)59-49-47-54(3,4)5)50-58-48-45-43-41-39-37-35-33-31-23-21-19-17-15-13-11-9-7-2/h17,19,23-25,31,52H,6-16,18,20-22,26-30,32-51H2,1-5H3/b19-17-,25-24-,31-23-. The molecule has 0 aromatic carbocycles. The number of likely N-dealkylation sites (N-methyl/N-ethyl adjacent to an activating group) is 1. The maximum Gasteiger partial charge on any atom is 0.306 e. The van der Waals surface area contributed by atoms with E-state index in [2.05, 4.69) is 50.3 Å². The molecule has 0 bridgehead atoms. The molecule has 0 radical (unpaired) electrons. The number of esters is 1. The number of phosphoric ester groups is 1. The number of unbranched alkanes of at least 4 members (excludes halogenated alkanes) is 29. The summed E-state index contributed by atoms with van der Waals surface area (Å²) in [5.74, 6) is -0.336. The van der Waals surface area contributed by atoms with Gasteiger partial charge >= 0.3 is 5.97 Å². The third-order valence-corrected chi connectivity index (χ3v) is 12.4. The zero-order chi connectivity index (χ0) is 45.5. The Labute approximate surface area is 385 Å². The average molecular weight is 896 g/mol. The Morgan fingerprint density at radius 3 is 1.34 bits per heavy atom. The zero-order valence-corrected chi connectivity index (χ0v) is 42.5. The second-order valence-electron chi connectivity index (χ2n) is 18.9. The monoisotopic (exact) mass is 896 g/mol. The van der Waals surface area contributed by atoms with Gasteiger partial charge in [-0.05, 0) is 70.6 Å². The van der Waals surface area contributed by atoms with Crippen LogP contribution in [0.5, 0.6) is 0 Å². The highest BCUT2D eigenvalue weighted by molar-refractivity contribution is 7.45. The fraction of sp³-hybridized carbons (Fsp3) is 0.868. The van der Waals surface area contributed by atoms with Crippen LogP contribution in [0, 0.1) is 0 Å². The molecular formula is C53H102NO7P. The first kappa shape index (κ1) is 60.7. The van der Waals surface area contributed by atoms with Gasteiger partial charge in [-0.15, -0.1) is 0 Å². The molecule has 0 aliphatic heterocycles. The van der Waals surface area contributed by atoms with E-state index in [1.165, 1.54) is 167 Å². The molecule has 0 aliphatic rings. The molecule has 2 unspecified atom stereocenters. The lowest BCUT2D eigenvalue weighted by Gasteiger charge is -2.28. The third kappa shape index (κ3) is 49.7. The molecule has 0 aliphatic carbocycles. The highest BCUT2D eigenvalue weighted by atomic mass is 31.2. The van der Waals surface area contributed by atoms with Crippen molar-refractivity contribution in [1.82, 2.24) is 0 Å². The number of phosphoric acid groups is 1. The largest absolute Gasteiger partial charge is 0.756 e. The van der Waals surface area contributed by atoms with Crippen LogP contribution in [0.4, 0.5) is 0 Å². The van der Waals surface area contributed by atoms with E-state index in [9.17, 15) is 14.3 Å². The SMILES string of the molecule is CCCCCC/C=C\C/C=C\CCCCCCCCOCC(COP(=O)([O-])OCC[N+](C)(C)C)OC(=O)CCCCCCCCCCCCC/C=C\CCCCCCCCCC. The van der Waals surface area contributed by atoms with Crippen LogP contribution < -0.4 is 4.89 Å². The minimum atomic E-state index is -4.53. The van der Waals surface area contributed by atoms with E-state index in [1.54, 1.807) is 0 Å². The summed E-state index contributed by atoms with van der Waals surface area (Å²) in [6.07, 6.45) is 56.0. The number of quaternary nitrogens is 1. The summed E-state index contributed by atoms with van der Waals surface area (Å²) >= 11 is 0. The van der Waals surface area contributed by atoms with Gasteiger partial charge in [-0.2, -0.15) is 0 Å². The highest BCUT2D eigenvalue weighted by Crippen LogP contribution is 2.38. The number of hydrogen-bond donors (Lipinski definition) is 0. The topological polar surface area (TPSA) is 94.1 Å². The van der Waals surface area contributed by atoms with Gasteiger partial charge in [0.15, 0.2) is 0 Å². The van der Waals surface area contributed by atoms with E-state index in [1.807, 2.05) is 21.1 Å². The average Bonchev–Trinajstić information content (AvgIpc) is 3.23. The predicted molar refractivity (Wildman–Crippen MR) is 263 cm³/mol. The molecule has 0 N–H and O–H groups in total. The molecule has 0 aromatic heterocycles. The number of carbonyl (C=O) groups excluding carboxylic acids is 1. The minimum absolute atomic E-state index is 0.0242. The lowest BCUT2D eigenvalue weighted by atomic mass is 10.0. The summed E-state index contributed by atoms with van der Waals surface area (Å²) < 4.78 is 34.7. The van der Waals surface area contributed by atoms with Crippen LogP contribution in [0.3, 0.4) is 0 Å². The highest BCUT2D eigenvalue weighted by Gasteiger charge is 2.20. The van der Waals surface area contributed by atoms with Crippen molar-refractivity contribution in [3.05, 3.63) is 36.5 Å². The Hall–Kier alpha value is -1.28. The van der Waals surface area contributed by atoms with Gasteiger partial charge in [-0.1, -0.05) is 198 Å². The van der Waals surface area contributed by atoms with Gasteiger partial charge in [0.05, 0.1) is 34.4 Å². The molecule has 0 aromatic rings. The minimum Gasteiger partial charge on any atom is -0.756 e. The van der Waals surface area contributed by atoms with Crippen LogP contribution in [0.1, 0.15) is 239 Å². The Kier molecular flexibility index (Phi) is 45.3. The Bertz CT molecular complexity index is 1090. The fourth-order valence-electron chi connectivity index (χ4n) is 7.34. The first-order valence-electron chi connectivity index (χ1n) is 26.2. The molecule has 0 amide bonds. The lowest BCUT2D eigenvalue weighted by Crippen LogP contribution is -2.37. The smallest absolute Gasteiger partial charge is 0.306 e. The summed E-state index contributed by atoms with van der Waals surface area (Å²) in [5, 5.41) is 0. The molecule has 62 heavy (non-hydrogen) atoms. The van der Waals surface area contributed by atoms with Crippen molar-refractivity contribution in [3.63, 3.8) is 0 Å². The van der Waals surface area contributed by atoms with Gasteiger partial charge in [0.25, 0.3) is 7.82 Å². The zero-order valence-electron chi connectivity index (χ0n) is 41.6. The van der Waals surface area contributed by atoms with Crippen molar-refractivity contribution in [1.29, 1.82) is 0 Å². The molecule has 0 fully saturated rings. The second-order valence-corrected chi connectivity index (χ2v) is 20.3. The van der Waals surface area contributed by atoms with Crippen molar-refractivity contribution >= 4 is 13.8 Å². The number of carbonyl (C=O) groups is 1. The van der Waals surface area contributed by atoms with Crippen molar-refractivity contribution in [2.45, 2.75) is 245 Å². The van der Waals surface area contributed by atoms with Gasteiger partial charge in [0.2, 0.25) is 0 Å². The molecule has 0 saturated heterocycles. The first-order chi connectivity index (χ1) is 30.1. The number of allylic oxidation sites excluding steroid dienone is 6. The fourth-order valence-corrected chi connectivity index (χ4v) is 8.07. The van der Waals surface area contributed by atoms with Crippen molar-refractivity contribution in [2.24, 2.45) is 0 Å². The molecule has 366 valence electrons. The van der Waals surface area contributed by atoms with Gasteiger partial charge in [0, 0.05) is 13.0 Å². The van der Waals surface area contributed by atoms with Crippen LogP contribution in [-0.4, -0.2) is 70.7 Å². The summed E-state index contributed by atoms with van der Waals surface area (Å²) in [6, 6.07) is 0. The molecule has 0 spiro atoms. The van der Waals surface area contributed by atoms with Crippen LogP contribution >= 0.6 is 7.82 Å². The van der Waals surface area contributed by atoms with Gasteiger partial charge in [-0.3, -0.25) is 9.36 Å².